The molecule has 3 heterocycles. The lowest BCUT2D eigenvalue weighted by molar-refractivity contribution is -0.121. The molecule has 10 heteroatoms. The van der Waals surface area contributed by atoms with Crippen molar-refractivity contribution >= 4 is 35.2 Å². The van der Waals surface area contributed by atoms with Crippen molar-refractivity contribution in [3.05, 3.63) is 23.5 Å². The van der Waals surface area contributed by atoms with Gasteiger partial charge in [-0.15, -0.1) is 0 Å². The molecule has 4 N–H and O–H groups in total. The number of nitrogens with one attached hydrogen (secondary N) is 3. The zero-order valence-electron chi connectivity index (χ0n) is 15.8. The van der Waals surface area contributed by atoms with Gasteiger partial charge in [0.2, 0.25) is 5.91 Å². The van der Waals surface area contributed by atoms with Crippen LogP contribution < -0.4 is 16.0 Å². The molecule has 1 aliphatic heterocycles. The second-order valence-electron chi connectivity index (χ2n) is 7.46. The first-order valence-corrected chi connectivity index (χ1v) is 10.1. The minimum atomic E-state index is -1.06. The third-order valence-electron chi connectivity index (χ3n) is 5.45. The molecule has 2 aliphatic rings. The van der Waals surface area contributed by atoms with E-state index in [0.717, 1.165) is 55.7 Å². The highest BCUT2D eigenvalue weighted by Crippen LogP contribution is 2.35. The lowest BCUT2D eigenvalue weighted by atomic mass is 9.85. The highest BCUT2D eigenvalue weighted by atomic mass is 35.5. The molecule has 29 heavy (non-hydrogen) atoms. The fourth-order valence-corrected chi connectivity index (χ4v) is 4.25. The van der Waals surface area contributed by atoms with Gasteiger partial charge in [-0.25, -0.2) is 14.5 Å². The van der Waals surface area contributed by atoms with E-state index in [1.54, 1.807) is 12.3 Å². The Morgan fingerprint density at radius 2 is 2.10 bits per heavy atom. The largest absolute Gasteiger partial charge is 0.465 e. The normalized spacial score (nSPS) is 21.0. The summed E-state index contributed by atoms with van der Waals surface area (Å²) in [4.78, 5) is 27.8. The molecule has 0 saturated heterocycles. The monoisotopic (exact) mass is 418 g/mol. The first-order valence-electron chi connectivity index (χ1n) is 9.77. The van der Waals surface area contributed by atoms with Crippen LogP contribution >= 0.6 is 11.6 Å². The van der Waals surface area contributed by atoms with Gasteiger partial charge in [-0.3, -0.25) is 4.79 Å². The van der Waals surface area contributed by atoms with Gasteiger partial charge in [0.25, 0.3) is 0 Å². The van der Waals surface area contributed by atoms with E-state index in [4.69, 9.17) is 16.7 Å². The fraction of sp³-hybridized carbons (Fsp3) is 0.474. The quantitative estimate of drug-likeness (QED) is 0.605. The zero-order chi connectivity index (χ0) is 20.4. The van der Waals surface area contributed by atoms with E-state index in [1.165, 1.54) is 6.20 Å². The minimum Gasteiger partial charge on any atom is -0.465 e. The highest BCUT2D eigenvalue weighted by molar-refractivity contribution is 6.33. The third kappa shape index (κ3) is 4.29. The summed E-state index contributed by atoms with van der Waals surface area (Å²) in [5, 5.41) is 22.5. The molecule has 0 spiro atoms. The number of carbonyl (C=O) groups excluding carboxylic acids is 1. The Morgan fingerprint density at radius 3 is 2.93 bits per heavy atom. The Labute approximate surface area is 172 Å². The summed E-state index contributed by atoms with van der Waals surface area (Å²) in [7, 11) is 0. The molecule has 1 fully saturated rings. The SMILES string of the molecule is O=C(O)N[C@@H]1CCC[C@H](C(=O)Nc2cc(-c3cnn4c3NCCC4)c(Cl)cn2)C1. The summed E-state index contributed by atoms with van der Waals surface area (Å²) >= 11 is 6.38. The average molecular weight is 419 g/mol. The number of rotatable bonds is 4. The topological polar surface area (TPSA) is 121 Å². The molecule has 4 rings (SSSR count). The van der Waals surface area contributed by atoms with Crippen LogP contribution in [-0.2, 0) is 11.3 Å². The van der Waals surface area contributed by atoms with Crippen molar-refractivity contribution in [3.63, 3.8) is 0 Å². The number of aryl methyl sites for hydroxylation is 1. The number of carboxylic acid groups (broad SMARTS) is 1. The van der Waals surface area contributed by atoms with E-state index in [0.29, 0.717) is 17.3 Å². The molecule has 2 amide bonds. The third-order valence-corrected chi connectivity index (χ3v) is 5.75. The van der Waals surface area contributed by atoms with Crippen LogP contribution in [0.1, 0.15) is 32.1 Å². The van der Waals surface area contributed by atoms with E-state index in [-0.39, 0.29) is 17.9 Å². The van der Waals surface area contributed by atoms with E-state index < -0.39 is 6.09 Å². The Balaban J connectivity index is 1.50. The van der Waals surface area contributed by atoms with Gasteiger partial charge in [0, 0.05) is 42.4 Å². The van der Waals surface area contributed by atoms with Crippen molar-refractivity contribution < 1.29 is 14.7 Å². The Bertz CT molecular complexity index is 931. The molecule has 0 unspecified atom stereocenters. The minimum absolute atomic E-state index is 0.155. The maximum absolute atomic E-state index is 12.7. The number of hydrogen-bond donors (Lipinski definition) is 4. The van der Waals surface area contributed by atoms with Crippen molar-refractivity contribution in [3.8, 4) is 11.1 Å². The molecule has 1 saturated carbocycles. The molecule has 2 aromatic heterocycles. The van der Waals surface area contributed by atoms with Gasteiger partial charge in [0.05, 0.1) is 11.2 Å². The molecular weight excluding hydrogens is 396 g/mol. The summed E-state index contributed by atoms with van der Waals surface area (Å²) in [5.41, 5.74) is 1.62. The number of pyridine rings is 1. The first-order chi connectivity index (χ1) is 14.0. The number of nitrogens with zero attached hydrogens (tertiary/aromatic N) is 3. The fourth-order valence-electron chi connectivity index (χ4n) is 4.05. The molecule has 154 valence electrons. The molecular formula is C19H23ClN6O3. The molecule has 1 aliphatic carbocycles. The molecule has 0 radical (unpaired) electrons. The predicted octanol–water partition coefficient (Wildman–Crippen LogP) is 3.18. The summed E-state index contributed by atoms with van der Waals surface area (Å²) in [6.45, 7) is 1.72. The van der Waals surface area contributed by atoms with Crippen molar-refractivity contribution in [2.24, 2.45) is 5.92 Å². The van der Waals surface area contributed by atoms with Gasteiger partial charge < -0.3 is 21.1 Å². The zero-order valence-corrected chi connectivity index (χ0v) is 16.6. The summed E-state index contributed by atoms with van der Waals surface area (Å²) in [6, 6.07) is 1.56. The van der Waals surface area contributed by atoms with E-state index in [2.05, 4.69) is 26.0 Å². The van der Waals surface area contributed by atoms with Gasteiger partial charge in [0.15, 0.2) is 0 Å². The lowest BCUT2D eigenvalue weighted by Gasteiger charge is -2.28. The second-order valence-corrected chi connectivity index (χ2v) is 7.87. The molecule has 0 bridgehead atoms. The summed E-state index contributed by atoms with van der Waals surface area (Å²) < 4.78 is 1.91. The number of fused-ring (bicyclic) bond motifs is 1. The second kappa shape index (κ2) is 8.28. The molecule has 0 aromatic carbocycles. The maximum Gasteiger partial charge on any atom is 0.404 e. The van der Waals surface area contributed by atoms with Crippen LogP contribution in [0.5, 0.6) is 0 Å². The van der Waals surface area contributed by atoms with E-state index in [1.807, 2.05) is 4.68 Å². The van der Waals surface area contributed by atoms with Crippen LogP contribution in [0.3, 0.4) is 0 Å². The maximum atomic E-state index is 12.7. The van der Waals surface area contributed by atoms with Crippen LogP contribution in [0, 0.1) is 5.92 Å². The number of amides is 2. The predicted molar refractivity (Wildman–Crippen MR) is 109 cm³/mol. The Kier molecular flexibility index (Phi) is 5.57. The van der Waals surface area contributed by atoms with Gasteiger partial charge in [-0.05, 0) is 31.7 Å². The van der Waals surface area contributed by atoms with Gasteiger partial charge in [-0.2, -0.15) is 5.10 Å². The van der Waals surface area contributed by atoms with Crippen LogP contribution in [0.2, 0.25) is 5.02 Å². The van der Waals surface area contributed by atoms with Crippen LogP contribution in [0.25, 0.3) is 11.1 Å². The van der Waals surface area contributed by atoms with Crippen LogP contribution in [0.4, 0.5) is 16.4 Å². The van der Waals surface area contributed by atoms with Gasteiger partial charge in [0.1, 0.15) is 11.6 Å². The average Bonchev–Trinajstić information content (AvgIpc) is 3.13. The highest BCUT2D eigenvalue weighted by Gasteiger charge is 2.28. The van der Waals surface area contributed by atoms with E-state index in [9.17, 15) is 9.59 Å². The van der Waals surface area contributed by atoms with Crippen molar-refractivity contribution in [2.75, 3.05) is 17.2 Å². The Hall–Kier alpha value is -2.81. The molecule has 2 aromatic rings. The number of hydrogen-bond acceptors (Lipinski definition) is 5. The smallest absolute Gasteiger partial charge is 0.404 e. The standard InChI is InChI=1S/C19H23ClN6O3/c20-15-10-22-16(8-13(15)14-9-23-26-6-2-5-21-17(14)26)25-18(27)11-3-1-4-12(7-11)24-19(28)29/h8-12,21,24H,1-7H2,(H,28,29)(H,22,25,27)/t11-,12+/m0/s1. The molecule has 2 atom stereocenters. The van der Waals surface area contributed by atoms with Crippen LogP contribution in [-0.4, -0.2) is 44.5 Å². The first kappa shape index (κ1) is 19.5. The van der Waals surface area contributed by atoms with E-state index >= 15 is 0 Å². The van der Waals surface area contributed by atoms with Crippen molar-refractivity contribution in [1.29, 1.82) is 0 Å². The lowest BCUT2D eigenvalue weighted by Crippen LogP contribution is -2.40. The van der Waals surface area contributed by atoms with Crippen LogP contribution in [0.15, 0.2) is 18.5 Å². The number of aromatic nitrogens is 3. The number of anilines is 2. The van der Waals surface area contributed by atoms with Crippen molar-refractivity contribution in [1.82, 2.24) is 20.1 Å². The van der Waals surface area contributed by atoms with Gasteiger partial charge >= 0.3 is 6.09 Å². The summed E-state index contributed by atoms with van der Waals surface area (Å²) in [6.07, 6.45) is 6.01. The summed E-state index contributed by atoms with van der Waals surface area (Å²) in [5.74, 6) is 0.917. The van der Waals surface area contributed by atoms with Crippen molar-refractivity contribution in [2.45, 2.75) is 44.7 Å². The Morgan fingerprint density at radius 1 is 1.24 bits per heavy atom. The number of halogens is 1. The number of carbonyl (C=O) groups is 2. The van der Waals surface area contributed by atoms with Gasteiger partial charge in [-0.1, -0.05) is 18.0 Å². The molecule has 9 nitrogen and oxygen atoms in total.